The van der Waals surface area contributed by atoms with E-state index in [1.807, 2.05) is 12.1 Å². The molecule has 0 atom stereocenters. The van der Waals surface area contributed by atoms with Crippen LogP contribution in [0.4, 0.5) is 0 Å². The molecule has 32 heavy (non-hydrogen) atoms. The van der Waals surface area contributed by atoms with E-state index in [-0.39, 0.29) is 0 Å². The molecule has 0 aliphatic rings. The largest absolute Gasteiger partial charge is 0.493 e. The van der Waals surface area contributed by atoms with E-state index in [4.69, 9.17) is 24.2 Å². The van der Waals surface area contributed by atoms with Crippen LogP contribution in [0.5, 0.6) is 17.2 Å². The van der Waals surface area contributed by atoms with Gasteiger partial charge >= 0.3 is 0 Å². The van der Waals surface area contributed by atoms with E-state index in [1.165, 1.54) is 5.56 Å². The summed E-state index contributed by atoms with van der Waals surface area (Å²) in [6, 6.07) is 18.6. The molecule has 1 heterocycles. The van der Waals surface area contributed by atoms with Crippen molar-refractivity contribution in [2.75, 3.05) is 21.3 Å². The van der Waals surface area contributed by atoms with Gasteiger partial charge in [0.05, 0.1) is 43.4 Å². The Hall–Kier alpha value is -3.86. The minimum absolute atomic E-state index is 0.555. The highest BCUT2D eigenvalue weighted by molar-refractivity contribution is 6.16. The number of aromatic nitrogens is 2. The fraction of sp³-hybridized carbons (Fsp3) is 0.185. The first-order chi connectivity index (χ1) is 15.5. The van der Waals surface area contributed by atoms with Crippen LogP contribution in [0.1, 0.15) is 11.1 Å². The number of aryl methyl sites for hydroxylation is 2. The molecule has 5 heteroatoms. The van der Waals surface area contributed by atoms with Gasteiger partial charge in [-0.05, 0) is 54.8 Å². The zero-order valence-corrected chi connectivity index (χ0v) is 18.8. The maximum Gasteiger partial charge on any atom is 0.203 e. The van der Waals surface area contributed by atoms with Crippen LogP contribution in [0.2, 0.25) is 0 Å². The quantitative estimate of drug-likeness (QED) is 0.252. The van der Waals surface area contributed by atoms with Crippen molar-refractivity contribution in [2.45, 2.75) is 13.8 Å². The van der Waals surface area contributed by atoms with Crippen molar-refractivity contribution in [1.29, 1.82) is 0 Å². The van der Waals surface area contributed by atoms with Gasteiger partial charge in [0.2, 0.25) is 5.75 Å². The molecule has 0 aliphatic heterocycles. The molecule has 5 nitrogen and oxygen atoms in total. The Bertz CT molecular complexity index is 1490. The van der Waals surface area contributed by atoms with Gasteiger partial charge in [-0.3, -0.25) is 0 Å². The Kier molecular flexibility index (Phi) is 4.82. The van der Waals surface area contributed by atoms with Crippen LogP contribution in [0.15, 0.2) is 54.6 Å². The van der Waals surface area contributed by atoms with Gasteiger partial charge in [-0.25, -0.2) is 9.97 Å². The van der Waals surface area contributed by atoms with E-state index >= 15 is 0 Å². The molecule has 0 saturated carbocycles. The minimum atomic E-state index is 0.555. The molecule has 5 aromatic rings. The Morgan fingerprint density at radius 3 is 2.03 bits per heavy atom. The molecule has 0 saturated heterocycles. The summed E-state index contributed by atoms with van der Waals surface area (Å²) in [6.07, 6.45) is 0. The summed E-state index contributed by atoms with van der Waals surface area (Å²) in [5.41, 5.74) is 7.77. The van der Waals surface area contributed by atoms with E-state index < -0.39 is 0 Å². The first-order valence-corrected chi connectivity index (χ1v) is 10.4. The lowest BCUT2D eigenvalue weighted by molar-refractivity contribution is 0.327. The van der Waals surface area contributed by atoms with E-state index in [1.54, 1.807) is 21.3 Å². The van der Waals surface area contributed by atoms with E-state index in [9.17, 15) is 0 Å². The maximum absolute atomic E-state index is 5.88. The maximum atomic E-state index is 5.88. The summed E-state index contributed by atoms with van der Waals surface area (Å²) in [5.74, 6) is 1.76. The van der Waals surface area contributed by atoms with Crippen molar-refractivity contribution in [3.05, 3.63) is 65.7 Å². The minimum Gasteiger partial charge on any atom is -0.493 e. The number of methoxy groups -OCH3 is 3. The van der Waals surface area contributed by atoms with Crippen molar-refractivity contribution >= 4 is 32.8 Å². The third-order valence-corrected chi connectivity index (χ3v) is 5.84. The number of ether oxygens (including phenoxy) is 3. The normalized spacial score (nSPS) is 11.3. The van der Waals surface area contributed by atoms with Crippen molar-refractivity contribution < 1.29 is 14.2 Å². The lowest BCUT2D eigenvalue weighted by Crippen LogP contribution is -1.99. The van der Waals surface area contributed by atoms with Gasteiger partial charge in [0, 0.05) is 10.8 Å². The topological polar surface area (TPSA) is 53.5 Å². The third kappa shape index (κ3) is 3.09. The second-order valence-corrected chi connectivity index (χ2v) is 7.94. The second-order valence-electron chi connectivity index (χ2n) is 7.94. The number of hydrogen-bond donors (Lipinski definition) is 0. The molecule has 0 fully saturated rings. The van der Waals surface area contributed by atoms with E-state index in [0.29, 0.717) is 17.2 Å². The monoisotopic (exact) mass is 424 g/mol. The average Bonchev–Trinajstić information content (AvgIpc) is 2.81. The van der Waals surface area contributed by atoms with Crippen LogP contribution >= 0.6 is 0 Å². The zero-order valence-electron chi connectivity index (χ0n) is 18.8. The summed E-state index contributed by atoms with van der Waals surface area (Å²) < 4.78 is 17.2. The highest BCUT2D eigenvalue weighted by atomic mass is 16.5. The van der Waals surface area contributed by atoms with Gasteiger partial charge < -0.3 is 14.2 Å². The highest BCUT2D eigenvalue weighted by Crippen LogP contribution is 2.48. The van der Waals surface area contributed by atoms with Crippen molar-refractivity contribution in [3.8, 4) is 28.4 Å². The third-order valence-electron chi connectivity index (χ3n) is 5.84. The van der Waals surface area contributed by atoms with Gasteiger partial charge in [0.25, 0.3) is 0 Å². The molecule has 0 spiro atoms. The SMILES string of the molecule is COc1cc2c(c(-c3ccc(C)cc3)cc3nc4cc(C)ccc4nc32)c(OC)c1OC. The summed E-state index contributed by atoms with van der Waals surface area (Å²) in [7, 11) is 4.89. The second kappa shape index (κ2) is 7.68. The van der Waals surface area contributed by atoms with Crippen molar-refractivity contribution in [3.63, 3.8) is 0 Å². The van der Waals surface area contributed by atoms with E-state index in [0.717, 1.165) is 49.5 Å². The molecule has 0 amide bonds. The fourth-order valence-corrected chi connectivity index (χ4v) is 4.26. The number of fused-ring (bicyclic) bond motifs is 4. The molecule has 4 aromatic carbocycles. The summed E-state index contributed by atoms with van der Waals surface area (Å²) in [6.45, 7) is 4.14. The predicted molar refractivity (Wildman–Crippen MR) is 129 cm³/mol. The number of nitrogens with zero attached hydrogens (tertiary/aromatic N) is 2. The molecule has 0 N–H and O–H groups in total. The molecule has 5 rings (SSSR count). The van der Waals surface area contributed by atoms with Gasteiger partial charge in [-0.1, -0.05) is 35.9 Å². The molecule has 0 bridgehead atoms. The van der Waals surface area contributed by atoms with Crippen LogP contribution in [0, 0.1) is 13.8 Å². The first-order valence-electron chi connectivity index (χ1n) is 10.4. The summed E-state index contributed by atoms with van der Waals surface area (Å²) >= 11 is 0. The molecule has 0 unspecified atom stereocenters. The molecule has 160 valence electrons. The van der Waals surface area contributed by atoms with E-state index in [2.05, 4.69) is 56.3 Å². The molecule has 0 aliphatic carbocycles. The predicted octanol–water partition coefficient (Wildman–Crippen LogP) is 6.25. The van der Waals surface area contributed by atoms with Gasteiger partial charge in [-0.15, -0.1) is 0 Å². The van der Waals surface area contributed by atoms with Crippen LogP contribution in [-0.4, -0.2) is 31.3 Å². The zero-order chi connectivity index (χ0) is 22.4. The van der Waals surface area contributed by atoms with Crippen LogP contribution in [0.3, 0.4) is 0 Å². The molecular formula is C27H24N2O3. The van der Waals surface area contributed by atoms with Crippen LogP contribution < -0.4 is 14.2 Å². The standard InChI is InChI=1S/C27H24N2O3/c1-15-6-9-17(10-7-15)18-13-22-25(29-20-11-8-16(2)12-21(20)28-22)19-14-23(30-3)26(31-4)27(32-5)24(18)19/h6-14H,1-5H3. The van der Waals surface area contributed by atoms with Crippen LogP contribution in [-0.2, 0) is 0 Å². The average molecular weight is 425 g/mol. The Labute approximate surface area is 186 Å². The van der Waals surface area contributed by atoms with Crippen molar-refractivity contribution in [2.24, 2.45) is 0 Å². The van der Waals surface area contributed by atoms with Crippen LogP contribution in [0.25, 0.3) is 44.0 Å². The Balaban J connectivity index is 2.01. The number of benzene rings is 4. The van der Waals surface area contributed by atoms with Gasteiger partial charge in [0.1, 0.15) is 0 Å². The highest BCUT2D eigenvalue weighted by Gasteiger charge is 2.22. The lowest BCUT2D eigenvalue weighted by atomic mass is 9.94. The Morgan fingerprint density at radius 1 is 0.625 bits per heavy atom. The Morgan fingerprint density at radius 2 is 1.34 bits per heavy atom. The molecule has 1 aromatic heterocycles. The van der Waals surface area contributed by atoms with Gasteiger partial charge in [0.15, 0.2) is 11.5 Å². The smallest absolute Gasteiger partial charge is 0.203 e. The van der Waals surface area contributed by atoms with Gasteiger partial charge in [-0.2, -0.15) is 0 Å². The summed E-state index contributed by atoms with van der Waals surface area (Å²) in [5, 5.41) is 1.82. The molecular weight excluding hydrogens is 400 g/mol. The first kappa shape index (κ1) is 20.1. The molecule has 0 radical (unpaired) electrons. The number of hydrogen-bond acceptors (Lipinski definition) is 5. The number of rotatable bonds is 4. The summed E-state index contributed by atoms with van der Waals surface area (Å²) in [4.78, 5) is 9.96. The fourth-order valence-electron chi connectivity index (χ4n) is 4.26. The van der Waals surface area contributed by atoms with Crippen molar-refractivity contribution in [1.82, 2.24) is 9.97 Å². The lowest BCUT2D eigenvalue weighted by Gasteiger charge is -2.18.